The Bertz CT molecular complexity index is 247. The van der Waals surface area contributed by atoms with Crippen LogP contribution in [0.3, 0.4) is 0 Å². The second kappa shape index (κ2) is 9.20. The van der Waals surface area contributed by atoms with E-state index in [9.17, 15) is 4.79 Å². The van der Waals surface area contributed by atoms with Gasteiger partial charge in [-0.3, -0.25) is 4.79 Å². The summed E-state index contributed by atoms with van der Waals surface area (Å²) in [6.07, 6.45) is 8.56. The van der Waals surface area contributed by atoms with Crippen molar-refractivity contribution in [1.29, 1.82) is 0 Å². The number of esters is 1. The van der Waals surface area contributed by atoms with E-state index < -0.39 is 0 Å². The van der Waals surface area contributed by atoms with Crippen LogP contribution in [-0.4, -0.2) is 12.6 Å². The molecule has 2 nitrogen and oxygen atoms in total. The fourth-order valence-electron chi connectivity index (χ4n) is 1.16. The van der Waals surface area contributed by atoms with Gasteiger partial charge in [0.25, 0.3) is 0 Å². The third-order valence-electron chi connectivity index (χ3n) is 2.12. The monoisotopic (exact) mass is 224 g/mol. The first-order valence-electron chi connectivity index (χ1n) is 6.03. The van der Waals surface area contributed by atoms with Gasteiger partial charge in [0.05, 0.1) is 13.0 Å². The Kier molecular flexibility index (Phi) is 8.59. The lowest BCUT2D eigenvalue weighted by molar-refractivity contribution is -0.144. The minimum Gasteiger partial charge on any atom is -0.466 e. The predicted molar refractivity (Wildman–Crippen MR) is 68.2 cm³/mol. The van der Waals surface area contributed by atoms with Crippen LogP contribution >= 0.6 is 0 Å². The summed E-state index contributed by atoms with van der Waals surface area (Å²) in [7, 11) is 0. The maximum Gasteiger partial charge on any atom is 0.306 e. The van der Waals surface area contributed by atoms with E-state index in [2.05, 4.69) is 6.92 Å². The minimum atomic E-state index is -0.0946. The molecule has 0 spiro atoms. The third-order valence-corrected chi connectivity index (χ3v) is 2.12. The van der Waals surface area contributed by atoms with Crippen LogP contribution < -0.4 is 0 Å². The van der Waals surface area contributed by atoms with Gasteiger partial charge in [0.1, 0.15) is 0 Å². The SMILES string of the molecule is CCCCOC(=O)CC(C)/C=C\C=C(C)C. The molecule has 1 atom stereocenters. The molecule has 0 bridgehead atoms. The van der Waals surface area contributed by atoms with Gasteiger partial charge in [-0.25, -0.2) is 0 Å². The van der Waals surface area contributed by atoms with Crippen LogP contribution in [0.5, 0.6) is 0 Å². The molecule has 16 heavy (non-hydrogen) atoms. The number of carbonyl (C=O) groups is 1. The number of unbranched alkanes of at least 4 members (excludes halogenated alkanes) is 1. The first-order valence-corrected chi connectivity index (χ1v) is 6.03. The van der Waals surface area contributed by atoms with E-state index in [-0.39, 0.29) is 11.9 Å². The number of allylic oxidation sites excluding steroid dienone is 4. The van der Waals surface area contributed by atoms with Gasteiger partial charge in [0.15, 0.2) is 0 Å². The van der Waals surface area contributed by atoms with Crippen LogP contribution in [0, 0.1) is 5.92 Å². The molecule has 0 N–H and O–H groups in total. The Balaban J connectivity index is 3.78. The van der Waals surface area contributed by atoms with Crippen molar-refractivity contribution in [2.24, 2.45) is 5.92 Å². The summed E-state index contributed by atoms with van der Waals surface area (Å²) >= 11 is 0. The van der Waals surface area contributed by atoms with Gasteiger partial charge in [0.2, 0.25) is 0 Å². The van der Waals surface area contributed by atoms with Gasteiger partial charge in [-0.1, -0.05) is 44.1 Å². The quantitative estimate of drug-likeness (QED) is 0.373. The Morgan fingerprint density at radius 3 is 2.62 bits per heavy atom. The Morgan fingerprint density at radius 2 is 2.06 bits per heavy atom. The van der Waals surface area contributed by atoms with Gasteiger partial charge in [-0.2, -0.15) is 0 Å². The summed E-state index contributed by atoms with van der Waals surface area (Å²) in [5, 5.41) is 0. The second-order valence-electron chi connectivity index (χ2n) is 4.38. The van der Waals surface area contributed by atoms with E-state index in [0.29, 0.717) is 13.0 Å². The predicted octanol–water partition coefficient (Wildman–Crippen LogP) is 3.88. The average molecular weight is 224 g/mol. The zero-order valence-corrected chi connectivity index (χ0v) is 11.0. The number of hydrogen-bond donors (Lipinski definition) is 0. The highest BCUT2D eigenvalue weighted by Gasteiger charge is 2.06. The molecule has 0 aliphatic heterocycles. The molecule has 0 saturated carbocycles. The second-order valence-corrected chi connectivity index (χ2v) is 4.38. The van der Waals surface area contributed by atoms with Crippen LogP contribution in [0.2, 0.25) is 0 Å². The lowest BCUT2D eigenvalue weighted by Gasteiger charge is -2.06. The molecular formula is C14H24O2. The highest BCUT2D eigenvalue weighted by Crippen LogP contribution is 2.06. The number of rotatable bonds is 7. The first kappa shape index (κ1) is 14.9. The standard InChI is InChI=1S/C14H24O2/c1-5-6-10-16-14(15)11-13(4)9-7-8-12(2)3/h7-9,13H,5-6,10-11H2,1-4H3/b9-7-. The average Bonchev–Trinajstić information content (AvgIpc) is 2.17. The molecule has 0 heterocycles. The van der Waals surface area contributed by atoms with E-state index in [1.807, 2.05) is 39.0 Å². The van der Waals surface area contributed by atoms with Crippen LogP contribution in [0.4, 0.5) is 0 Å². The molecule has 0 fully saturated rings. The van der Waals surface area contributed by atoms with Crippen molar-refractivity contribution in [2.45, 2.75) is 47.0 Å². The minimum absolute atomic E-state index is 0.0946. The first-order chi connectivity index (χ1) is 7.56. The Hall–Kier alpha value is -1.05. The molecule has 1 unspecified atom stereocenters. The van der Waals surface area contributed by atoms with Crippen molar-refractivity contribution in [3.63, 3.8) is 0 Å². The van der Waals surface area contributed by atoms with Gasteiger partial charge in [-0.05, 0) is 26.2 Å². The number of ether oxygens (including phenoxy) is 1. The lowest BCUT2D eigenvalue weighted by atomic mass is 10.1. The molecule has 0 aromatic rings. The van der Waals surface area contributed by atoms with Gasteiger partial charge >= 0.3 is 5.97 Å². The van der Waals surface area contributed by atoms with E-state index in [4.69, 9.17) is 4.74 Å². The summed E-state index contributed by atoms with van der Waals surface area (Å²) < 4.78 is 5.09. The summed E-state index contributed by atoms with van der Waals surface area (Å²) in [6.45, 7) is 8.76. The van der Waals surface area contributed by atoms with Crippen molar-refractivity contribution in [2.75, 3.05) is 6.61 Å². The third kappa shape index (κ3) is 9.50. The molecule has 0 saturated heterocycles. The number of carbonyl (C=O) groups excluding carboxylic acids is 1. The topological polar surface area (TPSA) is 26.3 Å². The maximum absolute atomic E-state index is 11.4. The van der Waals surface area contributed by atoms with Gasteiger partial charge in [-0.15, -0.1) is 0 Å². The normalized spacial score (nSPS) is 12.5. The van der Waals surface area contributed by atoms with Crippen LogP contribution in [0.25, 0.3) is 0 Å². The largest absolute Gasteiger partial charge is 0.466 e. The van der Waals surface area contributed by atoms with Gasteiger partial charge in [0, 0.05) is 0 Å². The van der Waals surface area contributed by atoms with Crippen molar-refractivity contribution in [3.05, 3.63) is 23.8 Å². The summed E-state index contributed by atoms with van der Waals surface area (Å²) in [5.41, 5.74) is 1.26. The Morgan fingerprint density at radius 1 is 1.38 bits per heavy atom. The highest BCUT2D eigenvalue weighted by atomic mass is 16.5. The summed E-state index contributed by atoms with van der Waals surface area (Å²) in [4.78, 5) is 11.4. The van der Waals surface area contributed by atoms with Crippen LogP contribution in [0.15, 0.2) is 23.8 Å². The molecule has 0 aromatic carbocycles. The molecule has 0 aliphatic rings. The van der Waals surface area contributed by atoms with Crippen LogP contribution in [0.1, 0.15) is 47.0 Å². The lowest BCUT2D eigenvalue weighted by Crippen LogP contribution is -2.09. The number of hydrogen-bond acceptors (Lipinski definition) is 2. The summed E-state index contributed by atoms with van der Waals surface area (Å²) in [5.74, 6) is 0.146. The zero-order valence-electron chi connectivity index (χ0n) is 11.0. The summed E-state index contributed by atoms with van der Waals surface area (Å²) in [6, 6.07) is 0. The van der Waals surface area contributed by atoms with Gasteiger partial charge < -0.3 is 4.74 Å². The van der Waals surface area contributed by atoms with Crippen molar-refractivity contribution < 1.29 is 9.53 Å². The van der Waals surface area contributed by atoms with E-state index in [1.165, 1.54) is 5.57 Å². The smallest absolute Gasteiger partial charge is 0.306 e. The molecule has 0 aliphatic carbocycles. The maximum atomic E-state index is 11.4. The van der Waals surface area contributed by atoms with Crippen molar-refractivity contribution >= 4 is 5.97 Å². The molecule has 2 heteroatoms. The fourth-order valence-corrected chi connectivity index (χ4v) is 1.16. The molecule has 0 rings (SSSR count). The van der Waals surface area contributed by atoms with Crippen LogP contribution in [-0.2, 0) is 9.53 Å². The molecule has 92 valence electrons. The molecule has 0 aromatic heterocycles. The Labute approximate surface area is 99.4 Å². The van der Waals surface area contributed by atoms with Crippen molar-refractivity contribution in [3.8, 4) is 0 Å². The van der Waals surface area contributed by atoms with E-state index in [0.717, 1.165) is 12.8 Å². The molecular weight excluding hydrogens is 200 g/mol. The van der Waals surface area contributed by atoms with E-state index >= 15 is 0 Å². The fraction of sp³-hybridized carbons (Fsp3) is 0.643. The molecule has 0 radical (unpaired) electrons. The molecule has 0 amide bonds. The van der Waals surface area contributed by atoms with E-state index in [1.54, 1.807) is 0 Å². The zero-order chi connectivity index (χ0) is 12.4. The highest BCUT2D eigenvalue weighted by molar-refractivity contribution is 5.69. The van der Waals surface area contributed by atoms with Crippen molar-refractivity contribution in [1.82, 2.24) is 0 Å².